The monoisotopic (exact) mass is 1260 g/mol. The van der Waals surface area contributed by atoms with Crippen LogP contribution in [0.5, 0.6) is 0 Å². The molecule has 0 aliphatic rings. The number of carboxylic acid groups (broad SMARTS) is 2. The van der Waals surface area contributed by atoms with Gasteiger partial charge in [0.25, 0.3) is 0 Å². The molecule has 8 rings (SSSR count). The molecule has 0 aromatic heterocycles. The number of benzene rings is 8. The predicted molar refractivity (Wildman–Crippen MR) is 294 cm³/mol. The van der Waals surface area contributed by atoms with Gasteiger partial charge in [-0.05, 0) is 110 Å². The fourth-order valence-corrected chi connectivity index (χ4v) is 11.7. The van der Waals surface area contributed by atoms with Crippen molar-refractivity contribution in [2.45, 2.75) is 53.4 Å². The number of carbonyl (C=O) groups is 2. The first-order valence-electron chi connectivity index (χ1n) is 23.3. The normalized spacial score (nSPS) is 10.2. The second-order valence-electron chi connectivity index (χ2n) is 16.6. The SMILES string of the molecule is Cc1ccc(C(C)C)cc1.Cc1ccc(C(C)C)cc1.F[B-](F)(F)F.F[B-](F)(F)F.O=C([O-])C(=O)[O-].[Ru+2].[Ru+2].c1ccc([PH+](c2ccccc2)c2ccccc2)cc1.c1ccc([PH+](c2ccccc2)c2ccccc2)cc1. The number of halogens is 8. The maximum absolute atomic E-state index is 9.75. The first kappa shape index (κ1) is 70.4. The summed E-state index contributed by atoms with van der Waals surface area (Å²) in [6.07, 6.45) is 0. The van der Waals surface area contributed by atoms with Gasteiger partial charge in [-0.25, -0.2) is 0 Å². The van der Waals surface area contributed by atoms with Gasteiger partial charge in [-0.15, -0.1) is 0 Å². The van der Waals surface area contributed by atoms with E-state index in [0.717, 1.165) is 0 Å². The van der Waals surface area contributed by atoms with Crippen LogP contribution in [0.2, 0.25) is 0 Å². The van der Waals surface area contributed by atoms with E-state index in [0.29, 0.717) is 11.8 Å². The third-order valence-corrected chi connectivity index (χ3v) is 15.5. The Kier molecular flexibility index (Phi) is 35.2. The minimum absolute atomic E-state index is 0. The number of carboxylic acids is 2. The summed E-state index contributed by atoms with van der Waals surface area (Å²) in [5.74, 6) is -3.06. The third-order valence-electron chi connectivity index (χ3n) is 10.0. The molecule has 8 aromatic carbocycles. The quantitative estimate of drug-likeness (QED) is 0.0657. The van der Waals surface area contributed by atoms with Crippen LogP contribution >= 0.6 is 15.8 Å². The summed E-state index contributed by atoms with van der Waals surface area (Å²) in [5, 5.41) is 26.5. The molecule has 0 unspecified atom stereocenters. The summed E-state index contributed by atoms with van der Waals surface area (Å²) in [7, 11) is -13.8. The fourth-order valence-electron chi connectivity index (χ4n) is 6.53. The Morgan fingerprint density at radius 3 is 0.592 bits per heavy atom. The summed E-state index contributed by atoms with van der Waals surface area (Å²) in [6.45, 7) is 13.1. The second-order valence-corrected chi connectivity index (χ2v) is 21.6. The molecular formula is C58H60B2F8O4P2Ru2+2. The average molecular weight is 1260 g/mol. The number of carbonyl (C=O) groups excluding carboxylic acids is 2. The van der Waals surface area contributed by atoms with E-state index in [1.807, 2.05) is 0 Å². The van der Waals surface area contributed by atoms with Gasteiger partial charge >= 0.3 is 53.5 Å². The van der Waals surface area contributed by atoms with Crippen molar-refractivity contribution in [2.24, 2.45) is 0 Å². The molecule has 76 heavy (non-hydrogen) atoms. The molecular weight excluding hydrogens is 1200 g/mol. The Balaban J connectivity index is 0.000000918. The van der Waals surface area contributed by atoms with Crippen molar-refractivity contribution in [3.05, 3.63) is 253 Å². The van der Waals surface area contributed by atoms with Crippen LogP contribution in [-0.4, -0.2) is 26.4 Å². The minimum atomic E-state index is -6.00. The van der Waals surface area contributed by atoms with Gasteiger partial charge in [-0.3, -0.25) is 0 Å². The Bertz CT molecular complexity index is 2350. The van der Waals surface area contributed by atoms with Gasteiger partial charge in [0.1, 0.15) is 31.8 Å². The molecule has 0 N–H and O–H groups in total. The van der Waals surface area contributed by atoms with Gasteiger partial charge in [0.15, 0.2) is 0 Å². The second kappa shape index (κ2) is 38.0. The van der Waals surface area contributed by atoms with Crippen molar-refractivity contribution < 1.29 is 93.3 Å². The fraction of sp³-hybridized carbons (Fsp3) is 0.138. The summed E-state index contributed by atoms with van der Waals surface area (Å²) in [6, 6.07) is 82.4. The molecule has 0 radical (unpaired) electrons. The van der Waals surface area contributed by atoms with Crippen molar-refractivity contribution >= 4 is 74.1 Å². The Labute approximate surface area is 470 Å². The molecule has 0 saturated heterocycles. The van der Waals surface area contributed by atoms with Gasteiger partial charge in [-0.2, -0.15) is 0 Å². The summed E-state index contributed by atoms with van der Waals surface area (Å²) < 4.78 is 78.0. The molecule has 0 saturated carbocycles. The molecule has 0 aliphatic carbocycles. The zero-order chi connectivity index (χ0) is 55.1. The molecule has 8 aromatic rings. The topological polar surface area (TPSA) is 80.3 Å². The van der Waals surface area contributed by atoms with E-state index in [1.54, 1.807) is 0 Å². The van der Waals surface area contributed by atoms with E-state index in [9.17, 15) is 34.5 Å². The van der Waals surface area contributed by atoms with E-state index in [4.69, 9.17) is 19.8 Å². The summed E-state index contributed by atoms with van der Waals surface area (Å²) in [4.78, 5) is 17.9. The maximum atomic E-state index is 9.75. The van der Waals surface area contributed by atoms with Crippen LogP contribution in [0.15, 0.2) is 231 Å². The van der Waals surface area contributed by atoms with Crippen LogP contribution in [0, 0.1) is 13.8 Å². The van der Waals surface area contributed by atoms with Crippen LogP contribution < -0.4 is 42.0 Å². The summed E-state index contributed by atoms with van der Waals surface area (Å²) >= 11 is 0. The molecule has 0 heterocycles. The van der Waals surface area contributed by atoms with Crippen LogP contribution in [0.4, 0.5) is 34.5 Å². The van der Waals surface area contributed by atoms with Gasteiger partial charge < -0.3 is 54.3 Å². The Morgan fingerprint density at radius 1 is 0.329 bits per heavy atom. The first-order chi connectivity index (χ1) is 34.9. The molecule has 0 amide bonds. The third kappa shape index (κ3) is 32.1. The van der Waals surface area contributed by atoms with Crippen molar-refractivity contribution in [1.82, 2.24) is 0 Å². The predicted octanol–water partition coefficient (Wildman–Crippen LogP) is 11.7. The van der Waals surface area contributed by atoms with Crippen molar-refractivity contribution in [2.75, 3.05) is 0 Å². The van der Waals surface area contributed by atoms with Crippen molar-refractivity contribution in [3.63, 3.8) is 0 Å². The van der Waals surface area contributed by atoms with E-state index in [1.165, 1.54) is 54.1 Å². The number of aliphatic carboxylic acids is 2. The molecule has 4 nitrogen and oxygen atoms in total. The van der Waals surface area contributed by atoms with E-state index < -0.39 is 42.3 Å². The largest absolute Gasteiger partial charge is 2.00 e. The average Bonchev–Trinajstić information content (AvgIpc) is 3.36. The van der Waals surface area contributed by atoms with Crippen molar-refractivity contribution in [1.29, 1.82) is 0 Å². The number of rotatable bonds is 8. The van der Waals surface area contributed by atoms with Crippen LogP contribution in [-0.2, 0) is 48.5 Å². The molecule has 18 heteroatoms. The maximum Gasteiger partial charge on any atom is 2.00 e. The van der Waals surface area contributed by atoms with E-state index in [2.05, 4.69) is 272 Å². The Hall–Kier alpha value is -5.62. The molecule has 0 aliphatic heterocycles. The summed E-state index contributed by atoms with van der Waals surface area (Å²) in [5.41, 5.74) is 5.52. The van der Waals surface area contributed by atoms with Gasteiger partial charge in [0.05, 0.1) is 27.8 Å². The smallest absolute Gasteiger partial charge is 0.543 e. The molecule has 0 spiro atoms. The van der Waals surface area contributed by atoms with E-state index >= 15 is 0 Å². The number of hydrogen-bond donors (Lipinski definition) is 0. The zero-order valence-corrected chi connectivity index (χ0v) is 48.1. The van der Waals surface area contributed by atoms with Crippen LogP contribution in [0.3, 0.4) is 0 Å². The Morgan fingerprint density at radius 2 is 0.474 bits per heavy atom. The zero-order valence-electron chi connectivity index (χ0n) is 42.6. The van der Waals surface area contributed by atoms with Gasteiger partial charge in [-0.1, -0.05) is 197 Å². The molecule has 402 valence electrons. The minimum Gasteiger partial charge on any atom is -0.543 e. The first-order valence-corrected chi connectivity index (χ1v) is 26.3. The van der Waals surface area contributed by atoms with Gasteiger partial charge in [0.2, 0.25) is 0 Å². The van der Waals surface area contributed by atoms with Crippen LogP contribution in [0.1, 0.15) is 61.8 Å². The van der Waals surface area contributed by atoms with Gasteiger partial charge in [0, 0.05) is 0 Å². The molecule has 0 fully saturated rings. The standard InChI is InChI=1S/2C18H15P.2C10H14.C2H2O4.2BF4.2Ru/c2*1-4-10-16(11-5-1)19(17-12-6-2-7-13-17)18-14-8-3-9-15-18;2*1-8(2)10-6-4-9(3)5-7-10;3-1(4)2(5)6;2*2-1(3,4)5;;/h2*1-15H;2*4-8H,1-3H3;(H,3,4)(H,5,6);;;;/q;;;;;2*-1;2*+2. The number of hydrogen-bond acceptors (Lipinski definition) is 4. The van der Waals surface area contributed by atoms with Crippen LogP contribution in [0.25, 0.3) is 0 Å². The number of aryl methyl sites for hydroxylation is 2. The molecule has 0 bridgehead atoms. The van der Waals surface area contributed by atoms with E-state index in [-0.39, 0.29) is 39.0 Å². The molecule has 0 atom stereocenters. The van der Waals surface area contributed by atoms with Crippen molar-refractivity contribution in [3.8, 4) is 0 Å².